The summed E-state index contributed by atoms with van der Waals surface area (Å²) in [5.74, 6) is 0. The van der Waals surface area contributed by atoms with E-state index in [9.17, 15) is 0 Å². The van der Waals surface area contributed by atoms with Crippen LogP contribution in [0.15, 0.2) is 54.7 Å². The van der Waals surface area contributed by atoms with Gasteiger partial charge in [-0.1, -0.05) is 29.5 Å². The van der Waals surface area contributed by atoms with Crippen LogP contribution < -0.4 is 37.1 Å². The molecule has 0 aliphatic heterocycles. The number of halogens is 1. The Morgan fingerprint density at radius 2 is 1.92 bits per heavy atom. The smallest absolute Gasteiger partial charge is 0.263 e. The van der Waals surface area contributed by atoms with Crippen LogP contribution in [0.3, 0.4) is 0 Å². The van der Waals surface area contributed by atoms with Crippen molar-refractivity contribution in [3.63, 3.8) is 0 Å². The average Bonchev–Trinajstić information content (AvgIpc) is 2.95. The maximum Gasteiger partial charge on any atom is 0.263 e. The number of hydrogen-bond donors (Lipinski definition) is 2. The molecule has 0 spiro atoms. The molecule has 1 heterocycles. The van der Waals surface area contributed by atoms with Gasteiger partial charge in [0, 0.05) is 43.8 Å². The van der Waals surface area contributed by atoms with Gasteiger partial charge >= 0.3 is 0 Å². The van der Waals surface area contributed by atoms with Crippen LogP contribution >= 0.6 is 23.6 Å². The maximum atomic E-state index is 5.17. The van der Waals surface area contributed by atoms with E-state index in [1.54, 1.807) is 11.3 Å². The fourth-order valence-electron chi connectivity index (χ4n) is 2.51. The number of hydrogen-bond acceptors (Lipinski definition) is 3. The predicted molar refractivity (Wildman–Crippen MR) is 112 cm³/mol. The Kier molecular flexibility index (Phi) is 7.14. The Labute approximate surface area is 173 Å². The molecule has 4 nitrogen and oxygen atoms in total. The molecular formula is C19H21BrN4S2. The summed E-state index contributed by atoms with van der Waals surface area (Å²) in [4.78, 5) is 2.11. The minimum absolute atomic E-state index is 0. The Hall–Kier alpha value is -1.96. The van der Waals surface area contributed by atoms with Crippen LogP contribution in [0.25, 0.3) is 16.3 Å². The van der Waals surface area contributed by atoms with E-state index in [0.717, 1.165) is 11.4 Å². The number of aromatic nitrogens is 1. The van der Waals surface area contributed by atoms with Crippen LogP contribution in [0, 0.1) is 0 Å². The molecule has 0 aliphatic rings. The molecule has 3 aromatic rings. The van der Waals surface area contributed by atoms with E-state index in [1.165, 1.54) is 15.2 Å². The number of nitrogens with zero attached hydrogens (tertiary/aromatic N) is 2. The van der Waals surface area contributed by atoms with Crippen molar-refractivity contribution < 1.29 is 21.5 Å². The minimum atomic E-state index is 0. The van der Waals surface area contributed by atoms with Crippen LogP contribution in [0.4, 0.5) is 11.4 Å². The zero-order valence-electron chi connectivity index (χ0n) is 14.9. The first-order valence-electron chi connectivity index (χ1n) is 7.96. The first-order valence-corrected chi connectivity index (χ1v) is 9.18. The first-order chi connectivity index (χ1) is 12.1. The monoisotopic (exact) mass is 448 g/mol. The third-order valence-electron chi connectivity index (χ3n) is 3.96. The zero-order valence-corrected chi connectivity index (χ0v) is 18.1. The van der Waals surface area contributed by atoms with Gasteiger partial charge in [0.15, 0.2) is 5.11 Å². The molecule has 1 aromatic heterocycles. The van der Waals surface area contributed by atoms with Gasteiger partial charge in [0.05, 0.1) is 0 Å². The lowest BCUT2D eigenvalue weighted by atomic mass is 10.3. The molecule has 7 heteroatoms. The van der Waals surface area contributed by atoms with Gasteiger partial charge in [0.2, 0.25) is 5.52 Å². The fraction of sp³-hybridized carbons (Fsp3) is 0.158. The SMILES string of the molecule is CNC(=S)Nc1ccc2c(c1)sc(C=CN(C)c1ccccc1)[n+]2C.[Br-]. The number of rotatable bonds is 4. The Morgan fingerprint density at radius 3 is 2.62 bits per heavy atom. The summed E-state index contributed by atoms with van der Waals surface area (Å²) in [6, 6.07) is 16.6. The highest BCUT2D eigenvalue weighted by molar-refractivity contribution is 7.80. The van der Waals surface area contributed by atoms with Crippen molar-refractivity contribution in [3.8, 4) is 0 Å². The molecule has 26 heavy (non-hydrogen) atoms. The molecule has 0 saturated heterocycles. The normalized spacial score (nSPS) is 10.6. The van der Waals surface area contributed by atoms with E-state index in [-0.39, 0.29) is 17.0 Å². The van der Waals surface area contributed by atoms with Crippen LogP contribution in [-0.2, 0) is 7.05 Å². The molecule has 0 saturated carbocycles. The second-order valence-electron chi connectivity index (χ2n) is 5.65. The van der Waals surface area contributed by atoms with Crippen molar-refractivity contribution in [3.05, 3.63) is 59.7 Å². The summed E-state index contributed by atoms with van der Waals surface area (Å²) in [7, 11) is 5.96. The van der Waals surface area contributed by atoms with Gasteiger partial charge in [-0.25, -0.2) is 0 Å². The van der Waals surface area contributed by atoms with Crippen molar-refractivity contribution in [1.82, 2.24) is 5.32 Å². The third kappa shape index (κ3) is 4.60. The van der Waals surface area contributed by atoms with E-state index in [1.807, 2.05) is 31.3 Å². The average molecular weight is 449 g/mol. The second-order valence-corrected chi connectivity index (χ2v) is 7.12. The number of para-hydroxylation sites is 1. The summed E-state index contributed by atoms with van der Waals surface area (Å²) < 4.78 is 3.42. The zero-order chi connectivity index (χ0) is 17.8. The lowest BCUT2D eigenvalue weighted by Crippen LogP contribution is -3.00. The van der Waals surface area contributed by atoms with Gasteiger partial charge in [-0.15, -0.1) is 0 Å². The number of anilines is 2. The quantitative estimate of drug-likeness (QED) is 0.455. The number of benzene rings is 2. The molecule has 136 valence electrons. The predicted octanol–water partition coefficient (Wildman–Crippen LogP) is 0.753. The third-order valence-corrected chi connectivity index (χ3v) is 5.43. The molecule has 0 atom stereocenters. The second kappa shape index (κ2) is 9.12. The van der Waals surface area contributed by atoms with Crippen molar-refractivity contribution in [2.75, 3.05) is 24.3 Å². The number of aryl methyl sites for hydroxylation is 1. The van der Waals surface area contributed by atoms with E-state index in [0.29, 0.717) is 5.11 Å². The Bertz CT molecular complexity index is 922. The van der Waals surface area contributed by atoms with E-state index >= 15 is 0 Å². The maximum absolute atomic E-state index is 5.17. The van der Waals surface area contributed by atoms with Gasteiger partial charge in [-0.3, -0.25) is 0 Å². The molecule has 0 radical (unpaired) electrons. The van der Waals surface area contributed by atoms with Crippen LogP contribution in [0.5, 0.6) is 0 Å². The van der Waals surface area contributed by atoms with Crippen LogP contribution in [0.2, 0.25) is 0 Å². The molecule has 2 N–H and O–H groups in total. The lowest BCUT2D eigenvalue weighted by Gasteiger charge is -2.12. The standard InChI is InChI=1S/C19H20N4S2.BrH/c1-20-19(24)21-14-9-10-16-17(13-14)25-18(23(16)3)11-12-22(2)15-7-5-4-6-8-15;/h4-13H,1-3H3,(H-,20,21,24);1H. The van der Waals surface area contributed by atoms with Crippen molar-refractivity contribution >= 4 is 56.3 Å². The lowest BCUT2D eigenvalue weighted by molar-refractivity contribution is -0.642. The fourth-order valence-corrected chi connectivity index (χ4v) is 3.72. The van der Waals surface area contributed by atoms with Crippen LogP contribution in [-0.4, -0.2) is 19.2 Å². The highest BCUT2D eigenvalue weighted by Gasteiger charge is 2.15. The molecule has 2 aromatic carbocycles. The number of fused-ring (bicyclic) bond motifs is 1. The van der Waals surface area contributed by atoms with E-state index in [4.69, 9.17) is 12.2 Å². The van der Waals surface area contributed by atoms with Gasteiger partial charge in [0.25, 0.3) is 5.01 Å². The summed E-state index contributed by atoms with van der Waals surface area (Å²) in [5, 5.41) is 7.91. The van der Waals surface area contributed by atoms with Crippen molar-refractivity contribution in [1.29, 1.82) is 0 Å². The van der Waals surface area contributed by atoms with Gasteiger partial charge in [-0.2, -0.15) is 4.57 Å². The van der Waals surface area contributed by atoms with Crippen LogP contribution in [0.1, 0.15) is 5.01 Å². The topological polar surface area (TPSA) is 31.2 Å². The van der Waals surface area contributed by atoms with E-state index < -0.39 is 0 Å². The van der Waals surface area contributed by atoms with Crippen molar-refractivity contribution in [2.24, 2.45) is 7.05 Å². The minimum Gasteiger partial charge on any atom is -1.00 e. The van der Waals surface area contributed by atoms with Gasteiger partial charge in [0.1, 0.15) is 11.7 Å². The molecule has 0 fully saturated rings. The Morgan fingerprint density at radius 1 is 1.19 bits per heavy atom. The molecule has 0 unspecified atom stereocenters. The molecule has 0 amide bonds. The molecule has 3 rings (SSSR count). The van der Waals surface area contributed by atoms with Gasteiger partial charge in [-0.05, 0) is 36.5 Å². The highest BCUT2D eigenvalue weighted by atomic mass is 79.9. The summed E-state index contributed by atoms with van der Waals surface area (Å²) >= 11 is 6.92. The van der Waals surface area contributed by atoms with E-state index in [2.05, 4.69) is 70.7 Å². The number of thiazole rings is 1. The first kappa shape index (κ1) is 20.4. The van der Waals surface area contributed by atoms with Gasteiger partial charge < -0.3 is 32.5 Å². The summed E-state index contributed by atoms with van der Waals surface area (Å²) in [6.07, 6.45) is 4.23. The molecular weight excluding hydrogens is 428 g/mol. The molecule has 0 aliphatic carbocycles. The number of nitrogens with one attached hydrogen (secondary N) is 2. The summed E-state index contributed by atoms with van der Waals surface area (Å²) in [6.45, 7) is 0. The molecule has 0 bridgehead atoms. The van der Waals surface area contributed by atoms with Crippen molar-refractivity contribution in [2.45, 2.75) is 0 Å². The number of thiocarbonyl (C=S) groups is 1. The Balaban J connectivity index is 0.00000243. The highest BCUT2D eigenvalue weighted by Crippen LogP contribution is 2.25. The summed E-state index contributed by atoms with van der Waals surface area (Å²) in [5.41, 5.74) is 3.35. The largest absolute Gasteiger partial charge is 1.00 e.